The molecule has 0 radical (unpaired) electrons. The number of piperazine rings is 1. The van der Waals surface area contributed by atoms with E-state index in [0.717, 1.165) is 56.1 Å². The van der Waals surface area contributed by atoms with Gasteiger partial charge in [0, 0.05) is 38.8 Å². The number of nitrogens with zero attached hydrogens (tertiary/aromatic N) is 2. The van der Waals surface area contributed by atoms with Crippen LogP contribution in [0.25, 0.3) is 0 Å². The number of benzene rings is 1. The third-order valence-corrected chi connectivity index (χ3v) is 6.16. The number of carbonyl (C=O) groups excluding carboxylic acids is 1. The van der Waals surface area contributed by atoms with Gasteiger partial charge < -0.3 is 25.0 Å². The van der Waals surface area contributed by atoms with E-state index in [1.54, 1.807) is 0 Å². The Balaban J connectivity index is 1.41. The highest BCUT2D eigenvalue weighted by Gasteiger charge is 2.26. The summed E-state index contributed by atoms with van der Waals surface area (Å²) in [5.41, 5.74) is 1.16. The van der Waals surface area contributed by atoms with Gasteiger partial charge in [-0.2, -0.15) is 0 Å². The van der Waals surface area contributed by atoms with E-state index in [1.807, 2.05) is 6.07 Å². The maximum absolute atomic E-state index is 12.5. The molecule has 154 valence electrons. The van der Waals surface area contributed by atoms with Crippen LogP contribution in [0.15, 0.2) is 18.2 Å². The highest BCUT2D eigenvalue weighted by Crippen LogP contribution is 2.35. The number of hydrogen-bond donors (Lipinski definition) is 2. The summed E-state index contributed by atoms with van der Waals surface area (Å²) in [6.45, 7) is 4.91. The second kappa shape index (κ2) is 9.01. The Morgan fingerprint density at radius 3 is 2.64 bits per heavy atom. The second-order valence-corrected chi connectivity index (χ2v) is 8.16. The van der Waals surface area contributed by atoms with Gasteiger partial charge in [0.1, 0.15) is 0 Å². The molecule has 2 heterocycles. The smallest absolute Gasteiger partial charge is 0.315 e. The van der Waals surface area contributed by atoms with Gasteiger partial charge in [0.25, 0.3) is 0 Å². The number of rotatable bonds is 5. The molecule has 0 bridgehead atoms. The summed E-state index contributed by atoms with van der Waals surface area (Å²) < 4.78 is 11.0. The number of hydrogen-bond acceptors (Lipinski definition) is 5. The zero-order chi connectivity index (χ0) is 19.3. The standard InChI is InChI=1S/C21H32N4O3/c1-24-9-11-25(12-10-24)18(16-7-8-19-20(13-16)28-15-27-19)14-22-21(26)23-17-5-3-2-4-6-17/h7-8,13,17-18H,2-6,9-12,14-15H2,1H3,(H2,22,23,26)/t18-/m1/s1. The molecular weight excluding hydrogens is 356 g/mol. The van der Waals surface area contributed by atoms with Crippen LogP contribution in [0.2, 0.25) is 0 Å². The maximum atomic E-state index is 12.5. The average Bonchev–Trinajstić information content (AvgIpc) is 3.18. The van der Waals surface area contributed by atoms with Crippen molar-refractivity contribution in [2.24, 2.45) is 0 Å². The molecule has 1 saturated heterocycles. The van der Waals surface area contributed by atoms with Gasteiger partial charge in [-0.3, -0.25) is 4.90 Å². The summed E-state index contributed by atoms with van der Waals surface area (Å²) in [5, 5.41) is 6.28. The zero-order valence-electron chi connectivity index (χ0n) is 16.8. The zero-order valence-corrected chi connectivity index (χ0v) is 16.8. The van der Waals surface area contributed by atoms with Crippen molar-refractivity contribution in [2.45, 2.75) is 44.2 Å². The third kappa shape index (κ3) is 4.70. The van der Waals surface area contributed by atoms with Crippen LogP contribution in [0.4, 0.5) is 4.79 Å². The Labute approximate surface area is 167 Å². The van der Waals surface area contributed by atoms with Crippen LogP contribution in [0.3, 0.4) is 0 Å². The fourth-order valence-electron chi connectivity index (χ4n) is 4.38. The van der Waals surface area contributed by atoms with Crippen molar-refractivity contribution in [3.63, 3.8) is 0 Å². The van der Waals surface area contributed by atoms with E-state index < -0.39 is 0 Å². The van der Waals surface area contributed by atoms with Gasteiger partial charge in [0.2, 0.25) is 6.79 Å². The summed E-state index contributed by atoms with van der Waals surface area (Å²) in [4.78, 5) is 17.3. The lowest BCUT2D eigenvalue weighted by atomic mass is 9.96. The quantitative estimate of drug-likeness (QED) is 0.811. The summed E-state index contributed by atoms with van der Waals surface area (Å²) in [7, 11) is 2.16. The molecule has 7 heteroatoms. The summed E-state index contributed by atoms with van der Waals surface area (Å²) in [5.74, 6) is 1.59. The Morgan fingerprint density at radius 1 is 1.11 bits per heavy atom. The molecule has 1 saturated carbocycles. The van der Waals surface area contributed by atoms with Crippen molar-refractivity contribution >= 4 is 6.03 Å². The molecule has 1 aromatic carbocycles. The Morgan fingerprint density at radius 2 is 1.86 bits per heavy atom. The summed E-state index contributed by atoms with van der Waals surface area (Å²) in [6.07, 6.45) is 5.91. The van der Waals surface area contributed by atoms with Crippen LogP contribution in [-0.4, -0.2) is 68.4 Å². The van der Waals surface area contributed by atoms with Gasteiger partial charge in [-0.25, -0.2) is 4.79 Å². The minimum Gasteiger partial charge on any atom is -0.454 e. The van der Waals surface area contributed by atoms with Crippen molar-refractivity contribution in [1.82, 2.24) is 20.4 Å². The average molecular weight is 389 g/mol. The molecular formula is C21H32N4O3. The number of nitrogens with one attached hydrogen (secondary N) is 2. The SMILES string of the molecule is CN1CCN([C@H](CNC(=O)NC2CCCCC2)c2ccc3c(c2)OCO3)CC1. The summed E-state index contributed by atoms with van der Waals surface area (Å²) >= 11 is 0. The minimum absolute atomic E-state index is 0.0493. The molecule has 1 aromatic rings. The first-order valence-corrected chi connectivity index (χ1v) is 10.6. The largest absolute Gasteiger partial charge is 0.454 e. The van der Waals surface area contributed by atoms with E-state index in [0.29, 0.717) is 12.6 Å². The molecule has 28 heavy (non-hydrogen) atoms. The van der Waals surface area contributed by atoms with Gasteiger partial charge in [-0.15, -0.1) is 0 Å². The van der Waals surface area contributed by atoms with E-state index in [2.05, 4.69) is 39.6 Å². The first-order valence-electron chi connectivity index (χ1n) is 10.6. The highest BCUT2D eigenvalue weighted by molar-refractivity contribution is 5.74. The van der Waals surface area contributed by atoms with Crippen LogP contribution in [-0.2, 0) is 0 Å². The number of ether oxygens (including phenoxy) is 2. The molecule has 1 atom stereocenters. The Kier molecular flexibility index (Phi) is 6.22. The van der Waals surface area contributed by atoms with Crippen LogP contribution in [0.5, 0.6) is 11.5 Å². The lowest BCUT2D eigenvalue weighted by Gasteiger charge is -2.38. The predicted octanol–water partition coefficient (Wildman–Crippen LogP) is 2.34. The number of likely N-dealkylation sites (N-methyl/N-ethyl adjacent to an activating group) is 1. The van der Waals surface area contributed by atoms with Gasteiger partial charge in [0.05, 0.1) is 6.04 Å². The van der Waals surface area contributed by atoms with Crippen molar-refractivity contribution < 1.29 is 14.3 Å². The van der Waals surface area contributed by atoms with Gasteiger partial charge >= 0.3 is 6.03 Å². The van der Waals surface area contributed by atoms with E-state index >= 15 is 0 Å². The first-order chi connectivity index (χ1) is 13.7. The minimum atomic E-state index is -0.0493. The lowest BCUT2D eigenvalue weighted by Crippen LogP contribution is -2.50. The Hall–Kier alpha value is -1.99. The topological polar surface area (TPSA) is 66.1 Å². The molecule has 4 rings (SSSR count). The van der Waals surface area contributed by atoms with Crippen LogP contribution in [0.1, 0.15) is 43.7 Å². The Bertz CT molecular complexity index is 670. The lowest BCUT2D eigenvalue weighted by molar-refractivity contribution is 0.110. The monoisotopic (exact) mass is 388 g/mol. The molecule has 1 aliphatic carbocycles. The summed E-state index contributed by atoms with van der Waals surface area (Å²) in [6, 6.07) is 6.53. The molecule has 2 N–H and O–H groups in total. The fraction of sp³-hybridized carbons (Fsp3) is 0.667. The molecule has 2 aliphatic heterocycles. The second-order valence-electron chi connectivity index (χ2n) is 8.16. The van der Waals surface area contributed by atoms with Crippen LogP contribution >= 0.6 is 0 Å². The number of fused-ring (bicyclic) bond motifs is 1. The number of amides is 2. The third-order valence-electron chi connectivity index (χ3n) is 6.16. The van der Waals surface area contributed by atoms with Gasteiger partial charge in [-0.1, -0.05) is 25.3 Å². The maximum Gasteiger partial charge on any atom is 0.315 e. The number of carbonyl (C=O) groups is 1. The van der Waals surface area contributed by atoms with Crippen LogP contribution in [0, 0.1) is 0 Å². The van der Waals surface area contributed by atoms with Gasteiger partial charge in [-0.05, 0) is 37.6 Å². The number of urea groups is 1. The molecule has 0 spiro atoms. The van der Waals surface area contributed by atoms with E-state index in [9.17, 15) is 4.79 Å². The van der Waals surface area contributed by atoms with E-state index in [-0.39, 0.29) is 18.9 Å². The molecule has 0 unspecified atom stereocenters. The molecule has 3 aliphatic rings. The highest BCUT2D eigenvalue weighted by atomic mass is 16.7. The van der Waals surface area contributed by atoms with E-state index in [1.165, 1.54) is 19.3 Å². The molecule has 2 fully saturated rings. The molecule has 2 amide bonds. The van der Waals surface area contributed by atoms with Crippen molar-refractivity contribution in [3.8, 4) is 11.5 Å². The van der Waals surface area contributed by atoms with Crippen molar-refractivity contribution in [2.75, 3.05) is 46.6 Å². The van der Waals surface area contributed by atoms with Gasteiger partial charge in [0.15, 0.2) is 11.5 Å². The van der Waals surface area contributed by atoms with Crippen molar-refractivity contribution in [3.05, 3.63) is 23.8 Å². The molecule has 7 nitrogen and oxygen atoms in total. The molecule has 0 aromatic heterocycles. The van der Waals surface area contributed by atoms with Crippen molar-refractivity contribution in [1.29, 1.82) is 0 Å². The first kappa shape index (κ1) is 19.3. The predicted molar refractivity (Wildman–Crippen MR) is 108 cm³/mol. The fourth-order valence-corrected chi connectivity index (χ4v) is 4.38. The van der Waals surface area contributed by atoms with E-state index in [4.69, 9.17) is 9.47 Å². The normalized spacial score (nSPS) is 22.0. The van der Waals surface area contributed by atoms with Crippen LogP contribution < -0.4 is 20.1 Å².